The Labute approximate surface area is 94.2 Å². The molecule has 0 fully saturated rings. The first kappa shape index (κ1) is 15.3. The van der Waals surface area contributed by atoms with Crippen LogP contribution in [0, 0.1) is 10.8 Å². The van der Waals surface area contributed by atoms with Crippen molar-refractivity contribution in [2.24, 2.45) is 10.8 Å². The molecule has 2 nitrogen and oxygen atoms in total. The highest BCUT2D eigenvalue weighted by Gasteiger charge is 2.60. The fourth-order valence-electron chi connectivity index (χ4n) is 1.86. The first-order valence-electron chi connectivity index (χ1n) is 5.15. The third-order valence-corrected chi connectivity index (χ3v) is 2.55. The lowest BCUT2D eigenvalue weighted by molar-refractivity contribution is -0.241. The Bertz CT molecular complexity index is 253. The minimum atomic E-state index is -4.58. The Morgan fingerprint density at radius 3 is 1.81 bits per heavy atom. The van der Waals surface area contributed by atoms with Crippen LogP contribution in [-0.2, 0) is 9.53 Å². The van der Waals surface area contributed by atoms with Crippen LogP contribution in [0.1, 0.15) is 40.5 Å². The Morgan fingerprint density at radius 2 is 1.62 bits per heavy atom. The van der Waals surface area contributed by atoms with Gasteiger partial charge in [0.05, 0.1) is 7.11 Å². The molecule has 1 atom stereocenters. The zero-order valence-electron chi connectivity index (χ0n) is 10.4. The fraction of sp³-hybridized carbons (Fsp3) is 0.909. The molecule has 0 saturated carbocycles. The highest BCUT2D eigenvalue weighted by atomic mass is 19.4. The van der Waals surface area contributed by atoms with Gasteiger partial charge in [0, 0.05) is 0 Å². The molecule has 0 spiro atoms. The van der Waals surface area contributed by atoms with Gasteiger partial charge in [0.1, 0.15) is 0 Å². The number of hydrogen-bond acceptors (Lipinski definition) is 2. The molecule has 0 radical (unpaired) electrons. The predicted molar refractivity (Wildman–Crippen MR) is 54.9 cm³/mol. The van der Waals surface area contributed by atoms with Gasteiger partial charge in [-0.05, 0) is 18.3 Å². The van der Waals surface area contributed by atoms with Gasteiger partial charge in [0.2, 0.25) is 0 Å². The lowest BCUT2D eigenvalue weighted by Crippen LogP contribution is -2.47. The lowest BCUT2D eigenvalue weighted by Gasteiger charge is -2.36. The third kappa shape index (κ3) is 3.12. The standard InChI is InChI=1S/C11H19F3O2/c1-6-10(8(15)16-5,11(12,13)14)7-9(2,3)4/h6-7H2,1-5H3. The van der Waals surface area contributed by atoms with Crippen LogP contribution in [0.4, 0.5) is 13.2 Å². The molecule has 0 aromatic heterocycles. The highest BCUT2D eigenvalue weighted by Crippen LogP contribution is 2.49. The molecule has 96 valence electrons. The van der Waals surface area contributed by atoms with Gasteiger partial charge in [-0.25, -0.2) is 0 Å². The number of ether oxygens (including phenoxy) is 1. The Morgan fingerprint density at radius 1 is 1.19 bits per heavy atom. The van der Waals surface area contributed by atoms with Gasteiger partial charge in [-0.1, -0.05) is 27.7 Å². The average Bonchev–Trinajstić information content (AvgIpc) is 2.09. The first-order valence-corrected chi connectivity index (χ1v) is 5.15. The largest absolute Gasteiger partial charge is 0.468 e. The molecule has 0 rings (SSSR count). The van der Waals surface area contributed by atoms with E-state index in [-0.39, 0.29) is 12.8 Å². The number of methoxy groups -OCH3 is 1. The maximum Gasteiger partial charge on any atom is 0.404 e. The van der Waals surface area contributed by atoms with Crippen LogP contribution >= 0.6 is 0 Å². The summed E-state index contributed by atoms with van der Waals surface area (Å²) in [5.74, 6) is -1.20. The quantitative estimate of drug-likeness (QED) is 0.705. The summed E-state index contributed by atoms with van der Waals surface area (Å²) in [4.78, 5) is 11.4. The molecular weight excluding hydrogens is 221 g/mol. The van der Waals surface area contributed by atoms with E-state index in [9.17, 15) is 18.0 Å². The van der Waals surface area contributed by atoms with Gasteiger partial charge >= 0.3 is 12.1 Å². The van der Waals surface area contributed by atoms with E-state index in [4.69, 9.17) is 0 Å². The fourth-order valence-corrected chi connectivity index (χ4v) is 1.86. The summed E-state index contributed by atoms with van der Waals surface area (Å²) >= 11 is 0. The molecule has 0 aromatic carbocycles. The van der Waals surface area contributed by atoms with Crippen molar-refractivity contribution < 1.29 is 22.7 Å². The monoisotopic (exact) mass is 240 g/mol. The summed E-state index contributed by atoms with van der Waals surface area (Å²) < 4.78 is 43.4. The normalized spacial score (nSPS) is 16.8. The van der Waals surface area contributed by atoms with Crippen LogP contribution in [0.3, 0.4) is 0 Å². The molecule has 0 aliphatic rings. The van der Waals surface area contributed by atoms with E-state index in [1.807, 2.05) is 0 Å². The van der Waals surface area contributed by atoms with E-state index >= 15 is 0 Å². The molecule has 16 heavy (non-hydrogen) atoms. The zero-order valence-corrected chi connectivity index (χ0v) is 10.4. The zero-order chi connectivity index (χ0) is 13.2. The number of halogens is 3. The maximum atomic E-state index is 13.0. The van der Waals surface area contributed by atoms with Gasteiger partial charge in [-0.3, -0.25) is 4.79 Å². The van der Waals surface area contributed by atoms with Crippen molar-refractivity contribution >= 4 is 5.97 Å². The van der Waals surface area contributed by atoms with Gasteiger partial charge in [-0.15, -0.1) is 0 Å². The Kier molecular flexibility index (Phi) is 4.42. The molecule has 0 bridgehead atoms. The average molecular weight is 240 g/mol. The van der Waals surface area contributed by atoms with E-state index in [0.29, 0.717) is 0 Å². The predicted octanol–water partition coefficient (Wildman–Crippen LogP) is 3.55. The summed E-state index contributed by atoms with van der Waals surface area (Å²) in [6.07, 6.45) is -5.16. The van der Waals surface area contributed by atoms with Gasteiger partial charge in [0.25, 0.3) is 0 Å². The van der Waals surface area contributed by atoms with Crippen molar-refractivity contribution in [3.05, 3.63) is 0 Å². The Hall–Kier alpha value is -0.740. The SMILES string of the molecule is CCC(CC(C)(C)C)(C(=O)OC)C(F)(F)F. The summed E-state index contributed by atoms with van der Waals surface area (Å²) in [6, 6.07) is 0. The number of carbonyl (C=O) groups is 1. The van der Waals surface area contributed by atoms with Crippen molar-refractivity contribution in [2.75, 3.05) is 7.11 Å². The van der Waals surface area contributed by atoms with Crippen molar-refractivity contribution in [3.63, 3.8) is 0 Å². The summed E-state index contributed by atoms with van der Waals surface area (Å²) in [5, 5.41) is 0. The van der Waals surface area contributed by atoms with Crippen LogP contribution in [0.2, 0.25) is 0 Å². The molecule has 0 N–H and O–H groups in total. The van der Waals surface area contributed by atoms with E-state index < -0.39 is 23.0 Å². The molecule has 0 aromatic rings. The smallest absolute Gasteiger partial charge is 0.404 e. The van der Waals surface area contributed by atoms with Gasteiger partial charge < -0.3 is 4.74 Å². The van der Waals surface area contributed by atoms with Crippen LogP contribution in [0.15, 0.2) is 0 Å². The second-order valence-corrected chi connectivity index (χ2v) is 5.16. The number of carbonyl (C=O) groups excluding carboxylic acids is 1. The third-order valence-electron chi connectivity index (χ3n) is 2.55. The van der Waals surface area contributed by atoms with Crippen molar-refractivity contribution in [1.29, 1.82) is 0 Å². The Balaban J connectivity index is 5.40. The lowest BCUT2D eigenvalue weighted by atomic mass is 9.71. The second-order valence-electron chi connectivity index (χ2n) is 5.16. The van der Waals surface area contributed by atoms with Crippen molar-refractivity contribution in [2.45, 2.75) is 46.7 Å². The minimum absolute atomic E-state index is 0.271. The molecular formula is C11H19F3O2. The summed E-state index contributed by atoms with van der Waals surface area (Å²) in [6.45, 7) is 6.38. The topological polar surface area (TPSA) is 26.3 Å². The maximum absolute atomic E-state index is 13.0. The second kappa shape index (κ2) is 4.63. The van der Waals surface area contributed by atoms with E-state index in [1.54, 1.807) is 20.8 Å². The van der Waals surface area contributed by atoms with Gasteiger partial charge in [0.15, 0.2) is 5.41 Å². The molecule has 5 heteroatoms. The number of alkyl halides is 3. The highest BCUT2D eigenvalue weighted by molar-refractivity contribution is 5.77. The van der Waals surface area contributed by atoms with Crippen molar-refractivity contribution in [1.82, 2.24) is 0 Å². The van der Waals surface area contributed by atoms with E-state index in [0.717, 1.165) is 7.11 Å². The van der Waals surface area contributed by atoms with Crippen LogP contribution in [-0.4, -0.2) is 19.3 Å². The molecule has 0 saturated heterocycles. The molecule has 0 heterocycles. The van der Waals surface area contributed by atoms with E-state index in [2.05, 4.69) is 4.74 Å². The summed E-state index contributed by atoms with van der Waals surface area (Å²) in [5.41, 5.74) is -2.99. The summed E-state index contributed by atoms with van der Waals surface area (Å²) in [7, 11) is 0.987. The van der Waals surface area contributed by atoms with Crippen LogP contribution in [0.25, 0.3) is 0 Å². The first-order chi connectivity index (χ1) is 7.00. The van der Waals surface area contributed by atoms with Crippen molar-refractivity contribution in [3.8, 4) is 0 Å². The molecule has 0 amide bonds. The minimum Gasteiger partial charge on any atom is -0.468 e. The molecule has 0 aliphatic carbocycles. The van der Waals surface area contributed by atoms with Crippen LogP contribution in [0.5, 0.6) is 0 Å². The number of hydrogen-bond donors (Lipinski definition) is 0. The van der Waals surface area contributed by atoms with E-state index in [1.165, 1.54) is 6.92 Å². The number of rotatable bonds is 3. The molecule has 1 unspecified atom stereocenters. The number of esters is 1. The molecule has 0 aliphatic heterocycles. The van der Waals surface area contributed by atoms with Gasteiger partial charge in [-0.2, -0.15) is 13.2 Å². The van der Waals surface area contributed by atoms with Crippen LogP contribution < -0.4 is 0 Å².